The second-order valence-corrected chi connectivity index (χ2v) is 8.08. The molecule has 1 heterocycles. The van der Waals surface area contributed by atoms with Gasteiger partial charge in [-0.05, 0) is 50.2 Å². The lowest BCUT2D eigenvalue weighted by Gasteiger charge is -2.07. The van der Waals surface area contributed by atoms with Gasteiger partial charge in [-0.25, -0.2) is 13.4 Å². The minimum atomic E-state index is -3.65. The van der Waals surface area contributed by atoms with Gasteiger partial charge in [0, 0.05) is 10.9 Å². The van der Waals surface area contributed by atoms with Crippen LogP contribution in [0.25, 0.3) is 11.3 Å². The van der Waals surface area contributed by atoms with Crippen molar-refractivity contribution < 1.29 is 13.2 Å². The van der Waals surface area contributed by atoms with Crippen molar-refractivity contribution in [2.45, 2.75) is 18.7 Å². The zero-order chi connectivity index (χ0) is 18.6. The first kappa shape index (κ1) is 18.4. The molecule has 0 saturated carbocycles. The van der Waals surface area contributed by atoms with E-state index < -0.39 is 10.0 Å². The van der Waals surface area contributed by atoms with Crippen molar-refractivity contribution in [3.05, 3.63) is 59.5 Å². The van der Waals surface area contributed by atoms with Crippen molar-refractivity contribution in [1.82, 2.24) is 9.82 Å². The van der Waals surface area contributed by atoms with Crippen LogP contribution < -0.4 is 15.0 Å². The van der Waals surface area contributed by atoms with Crippen LogP contribution in [-0.2, 0) is 10.0 Å². The molecule has 0 atom stereocenters. The van der Waals surface area contributed by atoms with E-state index in [2.05, 4.69) is 15.2 Å². The number of aryl methyl sites for hydroxylation is 1. The average Bonchev–Trinajstić information content (AvgIpc) is 3.11. The average molecular weight is 390 g/mol. The van der Waals surface area contributed by atoms with Crippen LogP contribution in [0.4, 0.5) is 5.13 Å². The number of rotatable bonds is 7. The molecule has 0 aliphatic carbocycles. The SMILES string of the molecule is CCOc1ccc(-c2csc(NNS(=O)(=O)c3ccc(C)cc3)n2)cc1. The first-order valence-corrected chi connectivity index (χ1v) is 10.4. The lowest BCUT2D eigenvalue weighted by atomic mass is 10.2. The highest BCUT2D eigenvalue weighted by atomic mass is 32.2. The first-order chi connectivity index (χ1) is 12.5. The van der Waals surface area contributed by atoms with Gasteiger partial charge in [-0.1, -0.05) is 17.7 Å². The fraction of sp³-hybridized carbons (Fsp3) is 0.167. The van der Waals surface area contributed by atoms with Crippen LogP contribution in [0.5, 0.6) is 5.75 Å². The van der Waals surface area contributed by atoms with Crippen molar-refractivity contribution in [3.8, 4) is 17.0 Å². The molecule has 0 aliphatic heterocycles. The number of aromatic nitrogens is 1. The molecule has 0 bridgehead atoms. The first-order valence-electron chi connectivity index (χ1n) is 8.01. The maximum atomic E-state index is 12.3. The maximum Gasteiger partial charge on any atom is 0.257 e. The Labute approximate surface area is 156 Å². The Morgan fingerprint density at radius 1 is 1.08 bits per heavy atom. The summed E-state index contributed by atoms with van der Waals surface area (Å²) in [6, 6.07) is 14.2. The summed E-state index contributed by atoms with van der Waals surface area (Å²) in [5.74, 6) is 0.802. The van der Waals surface area contributed by atoms with Gasteiger partial charge in [0.05, 0.1) is 17.2 Å². The quantitative estimate of drug-likeness (QED) is 0.601. The van der Waals surface area contributed by atoms with E-state index in [1.165, 1.54) is 11.3 Å². The third kappa shape index (κ3) is 4.40. The molecule has 136 valence electrons. The molecule has 0 aliphatic rings. The topological polar surface area (TPSA) is 80.3 Å². The van der Waals surface area contributed by atoms with Crippen LogP contribution >= 0.6 is 11.3 Å². The van der Waals surface area contributed by atoms with E-state index >= 15 is 0 Å². The second kappa shape index (κ2) is 7.86. The minimum Gasteiger partial charge on any atom is -0.494 e. The third-order valence-electron chi connectivity index (χ3n) is 3.59. The normalized spacial score (nSPS) is 11.3. The number of nitrogens with zero attached hydrogens (tertiary/aromatic N) is 1. The maximum absolute atomic E-state index is 12.3. The molecule has 0 saturated heterocycles. The standard InChI is InChI=1S/C18H19N3O3S2/c1-3-24-15-8-6-14(7-9-15)17-12-25-18(19-17)20-21-26(22,23)16-10-4-13(2)5-11-16/h4-12,21H,3H2,1-2H3,(H,19,20). The van der Waals surface area contributed by atoms with Crippen molar-refractivity contribution >= 4 is 26.5 Å². The molecule has 0 unspecified atom stereocenters. The predicted molar refractivity (Wildman–Crippen MR) is 104 cm³/mol. The molecule has 2 aromatic carbocycles. The molecule has 1 aromatic heterocycles. The Balaban J connectivity index is 1.67. The molecule has 26 heavy (non-hydrogen) atoms. The zero-order valence-electron chi connectivity index (χ0n) is 14.4. The fourth-order valence-corrected chi connectivity index (χ4v) is 3.82. The molecule has 6 nitrogen and oxygen atoms in total. The van der Waals surface area contributed by atoms with Gasteiger partial charge in [0.1, 0.15) is 5.75 Å². The highest BCUT2D eigenvalue weighted by Crippen LogP contribution is 2.26. The Bertz CT molecular complexity index is 966. The van der Waals surface area contributed by atoms with Gasteiger partial charge in [-0.2, -0.15) is 0 Å². The van der Waals surface area contributed by atoms with Gasteiger partial charge in [0.15, 0.2) is 5.13 Å². The second-order valence-electron chi connectivity index (χ2n) is 5.54. The number of anilines is 1. The van der Waals surface area contributed by atoms with Gasteiger partial charge in [0.25, 0.3) is 10.0 Å². The van der Waals surface area contributed by atoms with Crippen LogP contribution in [0.15, 0.2) is 58.8 Å². The molecule has 0 spiro atoms. The smallest absolute Gasteiger partial charge is 0.257 e. The molecule has 3 rings (SSSR count). The van der Waals surface area contributed by atoms with Crippen molar-refractivity contribution in [1.29, 1.82) is 0 Å². The summed E-state index contributed by atoms with van der Waals surface area (Å²) in [6.45, 7) is 4.45. The van der Waals surface area contributed by atoms with Crippen LogP contribution in [0.1, 0.15) is 12.5 Å². The van der Waals surface area contributed by atoms with E-state index in [1.54, 1.807) is 24.3 Å². The molecular formula is C18H19N3O3S2. The number of thiazole rings is 1. The number of sulfonamides is 1. The monoisotopic (exact) mass is 389 g/mol. The molecular weight excluding hydrogens is 370 g/mol. The fourth-order valence-electron chi connectivity index (χ4n) is 2.24. The number of ether oxygens (including phenoxy) is 1. The van der Waals surface area contributed by atoms with E-state index in [4.69, 9.17) is 4.74 Å². The molecule has 0 amide bonds. The molecule has 3 aromatic rings. The van der Waals surface area contributed by atoms with Crippen LogP contribution in [0.2, 0.25) is 0 Å². The zero-order valence-corrected chi connectivity index (χ0v) is 16.0. The number of hydrogen-bond acceptors (Lipinski definition) is 6. The minimum absolute atomic E-state index is 0.193. The summed E-state index contributed by atoms with van der Waals surface area (Å²) < 4.78 is 30.0. The van der Waals surface area contributed by atoms with Gasteiger partial charge >= 0.3 is 0 Å². The van der Waals surface area contributed by atoms with E-state index in [1.807, 2.05) is 43.5 Å². The van der Waals surface area contributed by atoms with Gasteiger partial charge in [-0.3, -0.25) is 5.43 Å². The number of benzene rings is 2. The van der Waals surface area contributed by atoms with Gasteiger partial charge in [0.2, 0.25) is 0 Å². The Morgan fingerprint density at radius 2 is 1.77 bits per heavy atom. The number of hydrazine groups is 1. The lowest BCUT2D eigenvalue weighted by Crippen LogP contribution is -2.29. The van der Waals surface area contributed by atoms with E-state index in [0.717, 1.165) is 22.6 Å². The molecule has 0 fully saturated rings. The van der Waals surface area contributed by atoms with E-state index in [-0.39, 0.29) is 4.90 Å². The molecule has 2 N–H and O–H groups in total. The van der Waals surface area contributed by atoms with Crippen molar-refractivity contribution in [2.75, 3.05) is 12.0 Å². The number of hydrogen-bond donors (Lipinski definition) is 2. The summed E-state index contributed by atoms with van der Waals surface area (Å²) in [6.07, 6.45) is 0. The van der Waals surface area contributed by atoms with Crippen LogP contribution in [-0.4, -0.2) is 20.0 Å². The summed E-state index contributed by atoms with van der Waals surface area (Å²) in [5.41, 5.74) is 5.35. The highest BCUT2D eigenvalue weighted by molar-refractivity contribution is 7.89. The predicted octanol–water partition coefficient (Wildman–Crippen LogP) is 3.82. The summed E-state index contributed by atoms with van der Waals surface area (Å²) in [4.78, 5) is 6.95. The third-order valence-corrected chi connectivity index (χ3v) is 5.61. The number of nitrogens with one attached hydrogen (secondary N) is 2. The lowest BCUT2D eigenvalue weighted by molar-refractivity contribution is 0.340. The van der Waals surface area contributed by atoms with E-state index in [0.29, 0.717) is 11.7 Å². The van der Waals surface area contributed by atoms with Crippen molar-refractivity contribution in [3.63, 3.8) is 0 Å². The Kier molecular flexibility index (Phi) is 5.55. The Morgan fingerprint density at radius 3 is 2.42 bits per heavy atom. The summed E-state index contributed by atoms with van der Waals surface area (Å²) in [7, 11) is -3.65. The van der Waals surface area contributed by atoms with E-state index in [9.17, 15) is 8.42 Å². The molecule has 0 radical (unpaired) electrons. The molecule has 8 heteroatoms. The largest absolute Gasteiger partial charge is 0.494 e. The van der Waals surface area contributed by atoms with Crippen LogP contribution in [0, 0.1) is 6.92 Å². The highest BCUT2D eigenvalue weighted by Gasteiger charge is 2.14. The Hall–Kier alpha value is -2.42. The van der Waals surface area contributed by atoms with Gasteiger partial charge < -0.3 is 4.74 Å². The van der Waals surface area contributed by atoms with Crippen LogP contribution in [0.3, 0.4) is 0 Å². The summed E-state index contributed by atoms with van der Waals surface area (Å²) >= 11 is 1.32. The summed E-state index contributed by atoms with van der Waals surface area (Å²) in [5, 5.41) is 2.32. The van der Waals surface area contributed by atoms with Crippen molar-refractivity contribution in [2.24, 2.45) is 0 Å². The van der Waals surface area contributed by atoms with Gasteiger partial charge in [-0.15, -0.1) is 16.2 Å².